The van der Waals surface area contributed by atoms with Gasteiger partial charge in [0.25, 0.3) is 0 Å². The van der Waals surface area contributed by atoms with Crippen LogP contribution >= 0.6 is 23.4 Å². The Morgan fingerprint density at radius 3 is 3.06 bits per heavy atom. The second kappa shape index (κ2) is 5.74. The normalized spacial score (nSPS) is 20.0. The van der Waals surface area contributed by atoms with Crippen molar-refractivity contribution in [2.45, 2.75) is 31.4 Å². The number of pyridine rings is 1. The van der Waals surface area contributed by atoms with E-state index in [-0.39, 0.29) is 11.2 Å². The summed E-state index contributed by atoms with van der Waals surface area (Å²) in [6.45, 7) is 1.88. The summed E-state index contributed by atoms with van der Waals surface area (Å²) >= 11 is 7.58. The highest BCUT2D eigenvalue weighted by molar-refractivity contribution is 8.00. The van der Waals surface area contributed by atoms with Crippen molar-refractivity contribution in [2.75, 3.05) is 11.1 Å². The fourth-order valence-electron chi connectivity index (χ4n) is 1.80. The first-order chi connectivity index (χ1) is 8.16. The minimum absolute atomic E-state index is 0.0817. The summed E-state index contributed by atoms with van der Waals surface area (Å²) in [7, 11) is 0. The summed E-state index contributed by atoms with van der Waals surface area (Å²) in [6.07, 6.45) is 4.93. The maximum Gasteiger partial charge on any atom is 0.237 e. The Balaban J connectivity index is 1.99. The van der Waals surface area contributed by atoms with E-state index >= 15 is 0 Å². The lowest BCUT2D eigenvalue weighted by molar-refractivity contribution is -0.115. The smallest absolute Gasteiger partial charge is 0.237 e. The molecule has 2 heterocycles. The van der Waals surface area contributed by atoms with Crippen molar-refractivity contribution in [3.63, 3.8) is 0 Å². The highest BCUT2D eigenvalue weighted by Gasteiger charge is 2.21. The van der Waals surface area contributed by atoms with Crippen LogP contribution in [-0.4, -0.2) is 21.9 Å². The second-order valence-electron chi connectivity index (χ2n) is 4.18. The van der Waals surface area contributed by atoms with E-state index in [9.17, 15) is 4.79 Å². The van der Waals surface area contributed by atoms with E-state index in [1.807, 2.05) is 13.0 Å². The summed E-state index contributed by atoms with van der Waals surface area (Å²) < 4.78 is 0. The van der Waals surface area contributed by atoms with E-state index in [1.54, 1.807) is 18.0 Å². The van der Waals surface area contributed by atoms with Crippen molar-refractivity contribution in [3.05, 3.63) is 23.0 Å². The van der Waals surface area contributed by atoms with Crippen LogP contribution in [-0.2, 0) is 4.79 Å². The monoisotopic (exact) mass is 270 g/mol. The summed E-state index contributed by atoms with van der Waals surface area (Å²) in [5, 5.41) is 3.46. The number of amides is 1. The lowest BCUT2D eigenvalue weighted by Crippen LogP contribution is -2.27. The molecule has 1 aromatic heterocycles. The third kappa shape index (κ3) is 3.36. The molecule has 1 unspecified atom stereocenters. The number of hydrogen-bond acceptors (Lipinski definition) is 3. The molecule has 1 saturated heterocycles. The van der Waals surface area contributed by atoms with Gasteiger partial charge in [0.05, 0.1) is 17.1 Å². The highest BCUT2D eigenvalue weighted by Crippen LogP contribution is 2.26. The van der Waals surface area contributed by atoms with E-state index in [0.717, 1.165) is 29.8 Å². The van der Waals surface area contributed by atoms with Crippen molar-refractivity contribution in [2.24, 2.45) is 0 Å². The van der Waals surface area contributed by atoms with Crippen molar-refractivity contribution >= 4 is 35.0 Å². The van der Waals surface area contributed by atoms with Gasteiger partial charge >= 0.3 is 0 Å². The Kier molecular flexibility index (Phi) is 4.29. The van der Waals surface area contributed by atoms with Gasteiger partial charge in [-0.25, -0.2) is 4.98 Å². The average molecular weight is 271 g/mol. The van der Waals surface area contributed by atoms with E-state index in [0.29, 0.717) is 5.15 Å². The van der Waals surface area contributed by atoms with Crippen LogP contribution < -0.4 is 5.32 Å². The topological polar surface area (TPSA) is 42.0 Å². The van der Waals surface area contributed by atoms with Crippen LogP contribution in [0.2, 0.25) is 5.15 Å². The molecule has 1 aliphatic rings. The SMILES string of the molecule is Cc1cc(NC(=O)C2CCCCS2)cnc1Cl. The fourth-order valence-corrected chi connectivity index (χ4v) is 3.10. The fraction of sp³-hybridized carbons (Fsp3) is 0.500. The molecule has 0 aliphatic carbocycles. The van der Waals surface area contributed by atoms with Crippen molar-refractivity contribution in [1.29, 1.82) is 0 Å². The minimum atomic E-state index is 0.0817. The molecule has 1 N–H and O–H groups in total. The third-order valence-corrected chi connectivity index (χ3v) is 4.53. The number of nitrogens with one attached hydrogen (secondary N) is 1. The van der Waals surface area contributed by atoms with Gasteiger partial charge in [0, 0.05) is 0 Å². The summed E-state index contributed by atoms with van der Waals surface area (Å²) in [5.41, 5.74) is 1.60. The number of hydrogen-bond donors (Lipinski definition) is 1. The molecule has 1 fully saturated rings. The standard InChI is InChI=1S/C12H15ClN2OS/c1-8-6-9(7-14-11(8)13)15-12(16)10-4-2-3-5-17-10/h6-7,10H,2-5H2,1H3,(H,15,16). The van der Waals surface area contributed by atoms with E-state index in [1.165, 1.54) is 6.42 Å². The number of aryl methyl sites for hydroxylation is 1. The molecule has 1 aliphatic heterocycles. The zero-order valence-electron chi connectivity index (χ0n) is 9.70. The zero-order chi connectivity index (χ0) is 12.3. The van der Waals surface area contributed by atoms with Gasteiger partial charge in [-0.3, -0.25) is 4.79 Å². The van der Waals surface area contributed by atoms with Crippen LogP contribution in [0, 0.1) is 6.92 Å². The Morgan fingerprint density at radius 1 is 1.59 bits per heavy atom. The summed E-state index contributed by atoms with van der Waals surface area (Å²) in [5.74, 6) is 1.16. The predicted octanol–water partition coefficient (Wildman–Crippen LogP) is 3.27. The van der Waals surface area contributed by atoms with Gasteiger partial charge < -0.3 is 5.32 Å². The lowest BCUT2D eigenvalue weighted by Gasteiger charge is -2.20. The molecule has 92 valence electrons. The van der Waals surface area contributed by atoms with Crippen molar-refractivity contribution < 1.29 is 4.79 Å². The minimum Gasteiger partial charge on any atom is -0.324 e. The Hall–Kier alpha value is -0.740. The summed E-state index contributed by atoms with van der Waals surface area (Å²) in [4.78, 5) is 16.0. The highest BCUT2D eigenvalue weighted by atomic mass is 35.5. The maximum absolute atomic E-state index is 12.0. The molecule has 5 heteroatoms. The van der Waals surface area contributed by atoms with Gasteiger partial charge in [-0.15, -0.1) is 11.8 Å². The molecular weight excluding hydrogens is 256 g/mol. The van der Waals surface area contributed by atoms with Crippen LogP contribution in [0.4, 0.5) is 5.69 Å². The van der Waals surface area contributed by atoms with Crippen molar-refractivity contribution in [1.82, 2.24) is 4.98 Å². The molecule has 2 rings (SSSR count). The number of carbonyl (C=O) groups is 1. The lowest BCUT2D eigenvalue weighted by atomic mass is 10.2. The Morgan fingerprint density at radius 2 is 2.41 bits per heavy atom. The first-order valence-corrected chi connectivity index (χ1v) is 7.14. The van der Waals surface area contributed by atoms with Crippen LogP contribution in [0.15, 0.2) is 12.3 Å². The quantitative estimate of drug-likeness (QED) is 0.839. The average Bonchev–Trinajstić information content (AvgIpc) is 2.35. The van der Waals surface area contributed by atoms with Gasteiger partial charge in [-0.2, -0.15) is 0 Å². The number of aromatic nitrogens is 1. The molecule has 0 radical (unpaired) electrons. The first kappa shape index (κ1) is 12.7. The number of thioether (sulfide) groups is 1. The number of carbonyl (C=O) groups excluding carboxylic acids is 1. The Labute approximate surface area is 110 Å². The number of anilines is 1. The van der Waals surface area contributed by atoms with Crippen LogP contribution in [0.5, 0.6) is 0 Å². The first-order valence-electron chi connectivity index (χ1n) is 5.71. The zero-order valence-corrected chi connectivity index (χ0v) is 11.3. The second-order valence-corrected chi connectivity index (χ2v) is 5.84. The molecule has 1 aromatic rings. The molecule has 0 spiro atoms. The Bertz CT molecular complexity index is 419. The molecule has 0 bridgehead atoms. The van der Waals surface area contributed by atoms with Gasteiger partial charge in [-0.05, 0) is 37.1 Å². The molecule has 3 nitrogen and oxygen atoms in total. The molecule has 0 aromatic carbocycles. The molecule has 1 amide bonds. The molecule has 0 saturated carbocycles. The molecule has 17 heavy (non-hydrogen) atoms. The number of halogens is 1. The van der Waals surface area contributed by atoms with E-state index < -0.39 is 0 Å². The van der Waals surface area contributed by atoms with Gasteiger partial charge in [0.15, 0.2) is 0 Å². The third-order valence-electron chi connectivity index (χ3n) is 2.75. The van der Waals surface area contributed by atoms with E-state index in [4.69, 9.17) is 11.6 Å². The number of rotatable bonds is 2. The van der Waals surface area contributed by atoms with Gasteiger partial charge in [-0.1, -0.05) is 18.0 Å². The van der Waals surface area contributed by atoms with Crippen LogP contribution in [0.25, 0.3) is 0 Å². The van der Waals surface area contributed by atoms with Gasteiger partial charge in [0.2, 0.25) is 5.91 Å². The molecular formula is C12H15ClN2OS. The van der Waals surface area contributed by atoms with Crippen LogP contribution in [0.1, 0.15) is 24.8 Å². The van der Waals surface area contributed by atoms with E-state index in [2.05, 4.69) is 10.3 Å². The molecule has 1 atom stereocenters. The van der Waals surface area contributed by atoms with Crippen molar-refractivity contribution in [3.8, 4) is 0 Å². The largest absolute Gasteiger partial charge is 0.324 e. The predicted molar refractivity (Wildman–Crippen MR) is 72.7 cm³/mol. The van der Waals surface area contributed by atoms with Crippen LogP contribution in [0.3, 0.4) is 0 Å². The van der Waals surface area contributed by atoms with Gasteiger partial charge in [0.1, 0.15) is 5.15 Å². The summed E-state index contributed by atoms with van der Waals surface area (Å²) in [6, 6.07) is 1.85. The maximum atomic E-state index is 12.0. The number of nitrogens with zero attached hydrogens (tertiary/aromatic N) is 1.